The van der Waals surface area contributed by atoms with Gasteiger partial charge in [0.25, 0.3) is 5.91 Å². The maximum absolute atomic E-state index is 12.9. The third kappa shape index (κ3) is 5.60. The van der Waals surface area contributed by atoms with Crippen molar-refractivity contribution in [1.29, 1.82) is 0 Å². The fourth-order valence-corrected chi connectivity index (χ4v) is 4.95. The molecule has 2 saturated heterocycles. The maximum Gasteiger partial charge on any atom is 0.256 e. The summed E-state index contributed by atoms with van der Waals surface area (Å²) < 4.78 is 0. The summed E-state index contributed by atoms with van der Waals surface area (Å²) in [5.74, 6) is 0.366. The van der Waals surface area contributed by atoms with E-state index in [2.05, 4.69) is 34.3 Å². The molecule has 2 aliphatic rings. The van der Waals surface area contributed by atoms with E-state index in [1.165, 1.54) is 17.4 Å². The van der Waals surface area contributed by atoms with Gasteiger partial charge in [-0.15, -0.1) is 11.8 Å². The highest BCUT2D eigenvalue weighted by molar-refractivity contribution is 8.00. The minimum atomic E-state index is -0.149. The lowest BCUT2D eigenvalue weighted by Crippen LogP contribution is -2.44. The number of carbonyl (C=O) groups is 2. The molecule has 2 amide bonds. The normalized spacial score (nSPS) is 17.1. The number of rotatable bonds is 6. The van der Waals surface area contributed by atoms with Gasteiger partial charge in [-0.3, -0.25) is 9.59 Å². The average molecular weight is 439 g/mol. The Morgan fingerprint density at radius 3 is 2.29 bits per heavy atom. The Kier molecular flexibility index (Phi) is 7.14. The van der Waals surface area contributed by atoms with Gasteiger partial charge in [0.1, 0.15) is 0 Å². The van der Waals surface area contributed by atoms with Crippen molar-refractivity contribution in [2.45, 2.75) is 17.7 Å². The monoisotopic (exact) mass is 438 g/mol. The molecule has 2 aromatic carbocycles. The second-order valence-corrected chi connectivity index (χ2v) is 9.18. The smallest absolute Gasteiger partial charge is 0.256 e. The molecule has 0 spiro atoms. The highest BCUT2D eigenvalue weighted by atomic mass is 32.2. The quantitative estimate of drug-likeness (QED) is 0.701. The molecule has 6 nitrogen and oxygen atoms in total. The van der Waals surface area contributed by atoms with Crippen molar-refractivity contribution < 1.29 is 9.59 Å². The molecular weight excluding hydrogens is 408 g/mol. The van der Waals surface area contributed by atoms with Gasteiger partial charge in [-0.2, -0.15) is 0 Å². The fraction of sp³-hybridized carbons (Fsp3) is 0.417. The predicted molar refractivity (Wildman–Crippen MR) is 127 cm³/mol. The Morgan fingerprint density at radius 1 is 0.903 bits per heavy atom. The molecule has 7 heteroatoms. The van der Waals surface area contributed by atoms with Crippen molar-refractivity contribution >= 4 is 35.0 Å². The zero-order valence-electron chi connectivity index (χ0n) is 18.0. The molecule has 0 aliphatic carbocycles. The molecule has 2 heterocycles. The molecule has 31 heavy (non-hydrogen) atoms. The Bertz CT molecular complexity index is 904. The van der Waals surface area contributed by atoms with Crippen LogP contribution < -0.4 is 10.2 Å². The second-order valence-electron chi connectivity index (χ2n) is 8.16. The van der Waals surface area contributed by atoms with Gasteiger partial charge in [0.15, 0.2) is 0 Å². The van der Waals surface area contributed by atoms with Crippen molar-refractivity contribution in [3.05, 3.63) is 54.1 Å². The Labute approximate surface area is 188 Å². The van der Waals surface area contributed by atoms with Crippen LogP contribution in [0.2, 0.25) is 0 Å². The van der Waals surface area contributed by atoms with Crippen molar-refractivity contribution in [3.8, 4) is 0 Å². The van der Waals surface area contributed by atoms with E-state index in [0.29, 0.717) is 11.3 Å². The van der Waals surface area contributed by atoms with E-state index in [4.69, 9.17) is 0 Å². The molecule has 0 bridgehead atoms. The molecule has 2 aliphatic heterocycles. The van der Waals surface area contributed by atoms with Gasteiger partial charge in [-0.1, -0.05) is 12.1 Å². The van der Waals surface area contributed by atoms with Gasteiger partial charge in [0, 0.05) is 55.5 Å². The van der Waals surface area contributed by atoms with E-state index in [1.807, 2.05) is 41.3 Å². The first-order valence-corrected chi connectivity index (χ1v) is 11.9. The van der Waals surface area contributed by atoms with Crippen molar-refractivity contribution in [1.82, 2.24) is 9.80 Å². The zero-order chi connectivity index (χ0) is 21.6. The van der Waals surface area contributed by atoms with E-state index >= 15 is 0 Å². The lowest BCUT2D eigenvalue weighted by molar-refractivity contribution is -0.127. The standard InChI is InChI=1S/C24H30N4O2S/c1-26-14-16-27(17-15-26)20-10-8-19(9-11-20)25-24(30)21-6-2-3-7-22(21)31-18-23(29)28-12-4-5-13-28/h2-3,6-11H,4-5,12-18H2,1H3,(H,25,30). The van der Waals surface area contributed by atoms with Gasteiger partial charge in [0.05, 0.1) is 11.3 Å². The molecule has 164 valence electrons. The predicted octanol–water partition coefficient (Wildman–Crippen LogP) is 3.41. The van der Waals surface area contributed by atoms with Crippen LogP contribution in [0.3, 0.4) is 0 Å². The molecule has 4 rings (SSSR count). The SMILES string of the molecule is CN1CCN(c2ccc(NC(=O)c3ccccc3SCC(=O)N3CCCC3)cc2)CC1. The minimum absolute atomic E-state index is 0.149. The Balaban J connectivity index is 1.36. The molecule has 0 radical (unpaired) electrons. The van der Waals surface area contributed by atoms with Crippen LogP contribution in [0.25, 0.3) is 0 Å². The first kappa shape index (κ1) is 21.7. The van der Waals surface area contributed by atoms with Gasteiger partial charge >= 0.3 is 0 Å². The van der Waals surface area contributed by atoms with E-state index < -0.39 is 0 Å². The number of amides is 2. The van der Waals surface area contributed by atoms with Crippen LogP contribution in [0, 0.1) is 0 Å². The summed E-state index contributed by atoms with van der Waals surface area (Å²) in [4.78, 5) is 32.7. The van der Waals surface area contributed by atoms with Crippen LogP contribution in [-0.2, 0) is 4.79 Å². The van der Waals surface area contributed by atoms with Gasteiger partial charge in [-0.25, -0.2) is 0 Å². The molecule has 2 aromatic rings. The zero-order valence-corrected chi connectivity index (χ0v) is 18.9. The number of carbonyl (C=O) groups excluding carboxylic acids is 2. The van der Waals surface area contributed by atoms with Crippen LogP contribution in [0.4, 0.5) is 11.4 Å². The summed E-state index contributed by atoms with van der Waals surface area (Å²) in [6, 6.07) is 15.5. The summed E-state index contributed by atoms with van der Waals surface area (Å²) in [5, 5.41) is 3.00. The van der Waals surface area contributed by atoms with Crippen molar-refractivity contribution in [2.75, 3.05) is 62.3 Å². The maximum atomic E-state index is 12.9. The van der Waals surface area contributed by atoms with Crippen molar-refractivity contribution in [3.63, 3.8) is 0 Å². The van der Waals surface area contributed by atoms with Crippen LogP contribution in [0.15, 0.2) is 53.4 Å². The molecular formula is C24H30N4O2S. The van der Waals surface area contributed by atoms with E-state index in [0.717, 1.165) is 62.7 Å². The first-order chi connectivity index (χ1) is 15.1. The van der Waals surface area contributed by atoms with Gasteiger partial charge in [-0.05, 0) is 56.3 Å². The molecule has 0 aromatic heterocycles. The van der Waals surface area contributed by atoms with Crippen LogP contribution in [0.5, 0.6) is 0 Å². The highest BCUT2D eigenvalue weighted by Crippen LogP contribution is 2.25. The Hall–Kier alpha value is -2.51. The summed E-state index contributed by atoms with van der Waals surface area (Å²) >= 11 is 1.44. The van der Waals surface area contributed by atoms with E-state index in [-0.39, 0.29) is 11.8 Å². The van der Waals surface area contributed by atoms with E-state index in [1.54, 1.807) is 0 Å². The number of thioether (sulfide) groups is 1. The number of likely N-dealkylation sites (tertiary alicyclic amines) is 1. The van der Waals surface area contributed by atoms with Crippen LogP contribution >= 0.6 is 11.8 Å². The van der Waals surface area contributed by atoms with E-state index in [9.17, 15) is 9.59 Å². The summed E-state index contributed by atoms with van der Waals surface area (Å²) in [6.07, 6.45) is 2.17. The Morgan fingerprint density at radius 2 is 1.58 bits per heavy atom. The summed E-state index contributed by atoms with van der Waals surface area (Å²) in [6.45, 7) is 5.86. The molecule has 0 atom stereocenters. The summed E-state index contributed by atoms with van der Waals surface area (Å²) in [7, 11) is 2.15. The topological polar surface area (TPSA) is 55.9 Å². The molecule has 2 fully saturated rings. The number of piperazine rings is 1. The number of hydrogen-bond donors (Lipinski definition) is 1. The number of likely N-dealkylation sites (N-methyl/N-ethyl adjacent to an activating group) is 1. The largest absolute Gasteiger partial charge is 0.369 e. The summed E-state index contributed by atoms with van der Waals surface area (Å²) in [5.41, 5.74) is 2.56. The first-order valence-electron chi connectivity index (χ1n) is 10.9. The fourth-order valence-electron chi connectivity index (χ4n) is 4.00. The molecule has 0 saturated carbocycles. The lowest BCUT2D eigenvalue weighted by atomic mass is 10.2. The molecule has 0 unspecified atom stereocenters. The number of nitrogens with zero attached hydrogens (tertiary/aromatic N) is 3. The third-order valence-electron chi connectivity index (χ3n) is 5.94. The number of hydrogen-bond acceptors (Lipinski definition) is 5. The number of anilines is 2. The van der Waals surface area contributed by atoms with Crippen LogP contribution in [-0.4, -0.2) is 73.7 Å². The molecule has 1 N–H and O–H groups in total. The lowest BCUT2D eigenvalue weighted by Gasteiger charge is -2.34. The van der Waals surface area contributed by atoms with Crippen molar-refractivity contribution in [2.24, 2.45) is 0 Å². The van der Waals surface area contributed by atoms with Gasteiger partial charge < -0.3 is 20.0 Å². The minimum Gasteiger partial charge on any atom is -0.369 e. The average Bonchev–Trinajstić information content (AvgIpc) is 3.34. The van der Waals surface area contributed by atoms with Crippen LogP contribution in [0.1, 0.15) is 23.2 Å². The second kappa shape index (κ2) is 10.2. The number of benzene rings is 2. The number of nitrogens with one attached hydrogen (secondary N) is 1. The third-order valence-corrected chi connectivity index (χ3v) is 6.99. The van der Waals surface area contributed by atoms with Gasteiger partial charge in [0.2, 0.25) is 5.91 Å². The highest BCUT2D eigenvalue weighted by Gasteiger charge is 2.19.